The molecule has 1 aliphatic heterocycles. The van der Waals surface area contributed by atoms with Crippen molar-refractivity contribution >= 4 is 29.7 Å². The van der Waals surface area contributed by atoms with Gasteiger partial charge in [-0.2, -0.15) is 5.10 Å². The lowest BCUT2D eigenvalue weighted by Crippen LogP contribution is -2.47. The van der Waals surface area contributed by atoms with Gasteiger partial charge in [-0.15, -0.1) is 0 Å². The molecule has 1 aromatic heterocycles. The molecule has 0 radical (unpaired) electrons. The summed E-state index contributed by atoms with van der Waals surface area (Å²) in [6.07, 6.45) is -1.09. The van der Waals surface area contributed by atoms with E-state index < -0.39 is 29.9 Å². The topological polar surface area (TPSA) is 143 Å². The Morgan fingerprint density at radius 3 is 2.37 bits per heavy atom. The Bertz CT molecular complexity index is 1320. The molecule has 11 nitrogen and oxygen atoms in total. The summed E-state index contributed by atoms with van der Waals surface area (Å²) in [5.41, 5.74) is 6.59. The Labute approximate surface area is 199 Å². The van der Waals surface area contributed by atoms with Crippen molar-refractivity contribution in [2.24, 2.45) is 7.05 Å². The third-order valence-corrected chi connectivity index (χ3v) is 6.11. The Morgan fingerprint density at radius 2 is 1.74 bits per heavy atom. The largest absolute Gasteiger partial charge is 0.480 e. The molecule has 3 aromatic rings. The van der Waals surface area contributed by atoms with Gasteiger partial charge in [0, 0.05) is 19.0 Å². The fraction of sp³-hybridized carbons (Fsp3) is 0.208. The van der Waals surface area contributed by atoms with E-state index in [4.69, 9.17) is 4.74 Å². The number of rotatable bonds is 5. The van der Waals surface area contributed by atoms with Gasteiger partial charge in [-0.1, -0.05) is 48.5 Å². The van der Waals surface area contributed by atoms with Crippen LogP contribution in [0.2, 0.25) is 0 Å². The first-order valence-corrected chi connectivity index (χ1v) is 10.9. The molecular formula is C24H21N5O6. The highest BCUT2D eigenvalue weighted by Gasteiger charge is 2.40. The zero-order chi connectivity index (χ0) is 24.7. The summed E-state index contributed by atoms with van der Waals surface area (Å²) in [6, 6.07) is 15.9. The Kier molecular flexibility index (Phi) is 5.44. The predicted octanol–water partition coefficient (Wildman–Crippen LogP) is 2.11. The van der Waals surface area contributed by atoms with Crippen LogP contribution in [0.3, 0.4) is 0 Å². The maximum absolute atomic E-state index is 12.8. The SMILES string of the molecule is Cn1nc(NC(=O)OCC2c3ccccc3-c3ccccc32)cc1C(=O)N1NC(=O)CC1C(=O)O. The van der Waals surface area contributed by atoms with Crippen LogP contribution in [0.5, 0.6) is 0 Å². The number of carboxylic acid groups (broad SMARTS) is 1. The van der Waals surface area contributed by atoms with Crippen molar-refractivity contribution in [2.75, 3.05) is 11.9 Å². The van der Waals surface area contributed by atoms with Gasteiger partial charge in [-0.25, -0.2) is 14.6 Å². The summed E-state index contributed by atoms with van der Waals surface area (Å²) in [6.45, 7) is 0.110. The molecule has 178 valence electrons. The predicted molar refractivity (Wildman–Crippen MR) is 122 cm³/mol. The van der Waals surface area contributed by atoms with Gasteiger partial charge in [0.1, 0.15) is 12.3 Å². The van der Waals surface area contributed by atoms with Crippen LogP contribution < -0.4 is 10.7 Å². The van der Waals surface area contributed by atoms with Crippen LogP contribution in [-0.2, 0) is 21.4 Å². The van der Waals surface area contributed by atoms with E-state index in [-0.39, 0.29) is 30.5 Å². The molecule has 3 amide bonds. The van der Waals surface area contributed by atoms with Crippen molar-refractivity contribution in [3.63, 3.8) is 0 Å². The minimum atomic E-state index is -1.33. The van der Waals surface area contributed by atoms with Gasteiger partial charge in [-0.3, -0.25) is 25.0 Å². The molecule has 2 heterocycles. The van der Waals surface area contributed by atoms with Gasteiger partial charge in [0.25, 0.3) is 5.91 Å². The van der Waals surface area contributed by atoms with Gasteiger partial charge >= 0.3 is 12.1 Å². The molecule has 1 aliphatic carbocycles. The van der Waals surface area contributed by atoms with E-state index >= 15 is 0 Å². The Morgan fingerprint density at radius 1 is 1.11 bits per heavy atom. The molecule has 2 aromatic carbocycles. The number of carbonyl (C=O) groups is 4. The van der Waals surface area contributed by atoms with E-state index in [1.807, 2.05) is 48.5 Å². The number of amides is 3. The second kappa shape index (κ2) is 8.60. The minimum absolute atomic E-state index is 0.0209. The first-order valence-electron chi connectivity index (χ1n) is 10.9. The number of aryl methyl sites for hydroxylation is 1. The molecule has 1 fully saturated rings. The summed E-state index contributed by atoms with van der Waals surface area (Å²) in [5, 5.41) is 16.6. The molecule has 0 spiro atoms. The number of fused-ring (bicyclic) bond motifs is 3. The maximum Gasteiger partial charge on any atom is 0.412 e. The van der Waals surface area contributed by atoms with Crippen molar-refractivity contribution in [3.8, 4) is 11.1 Å². The summed E-state index contributed by atoms with van der Waals surface area (Å²) >= 11 is 0. The molecule has 2 aliphatic rings. The fourth-order valence-electron chi connectivity index (χ4n) is 4.51. The second-order valence-electron chi connectivity index (χ2n) is 8.26. The monoisotopic (exact) mass is 475 g/mol. The van der Waals surface area contributed by atoms with Gasteiger partial charge in [0.2, 0.25) is 5.91 Å². The highest BCUT2D eigenvalue weighted by atomic mass is 16.5. The van der Waals surface area contributed by atoms with E-state index in [9.17, 15) is 24.3 Å². The summed E-state index contributed by atoms with van der Waals surface area (Å²) in [7, 11) is 1.46. The first kappa shape index (κ1) is 22.1. The number of carboxylic acids is 1. The zero-order valence-electron chi connectivity index (χ0n) is 18.6. The lowest BCUT2D eigenvalue weighted by Gasteiger charge is -2.19. The molecule has 35 heavy (non-hydrogen) atoms. The second-order valence-corrected chi connectivity index (χ2v) is 8.26. The Hall–Kier alpha value is -4.67. The van der Waals surface area contributed by atoms with Gasteiger partial charge in [0.15, 0.2) is 11.9 Å². The van der Waals surface area contributed by atoms with E-state index in [2.05, 4.69) is 15.8 Å². The van der Waals surface area contributed by atoms with Crippen LogP contribution in [-0.4, -0.2) is 56.4 Å². The summed E-state index contributed by atoms with van der Waals surface area (Å²) < 4.78 is 6.67. The van der Waals surface area contributed by atoms with Gasteiger partial charge in [-0.05, 0) is 22.3 Å². The molecule has 1 atom stereocenters. The number of ether oxygens (including phenoxy) is 1. The average Bonchev–Trinajstić information content (AvgIpc) is 3.50. The van der Waals surface area contributed by atoms with Gasteiger partial charge in [0.05, 0.1) is 6.42 Å². The molecule has 5 rings (SSSR count). The average molecular weight is 475 g/mol. The van der Waals surface area contributed by atoms with Gasteiger partial charge < -0.3 is 9.84 Å². The van der Waals surface area contributed by atoms with Crippen LogP contribution >= 0.6 is 0 Å². The molecule has 0 saturated carbocycles. The number of nitrogens with one attached hydrogen (secondary N) is 2. The van der Waals surface area contributed by atoms with E-state index in [1.165, 1.54) is 17.8 Å². The Balaban J connectivity index is 1.26. The number of aliphatic carboxylic acids is 1. The number of carbonyl (C=O) groups excluding carboxylic acids is 3. The van der Waals surface area contributed by atoms with Crippen molar-refractivity contribution in [2.45, 2.75) is 18.4 Å². The van der Waals surface area contributed by atoms with Crippen LogP contribution in [0.15, 0.2) is 54.6 Å². The quantitative estimate of drug-likeness (QED) is 0.513. The fourth-order valence-corrected chi connectivity index (χ4v) is 4.51. The molecular weight excluding hydrogens is 454 g/mol. The van der Waals surface area contributed by atoms with Crippen LogP contribution in [0.1, 0.15) is 34.0 Å². The number of benzene rings is 2. The van der Waals surface area contributed by atoms with E-state index in [1.54, 1.807) is 0 Å². The molecule has 3 N–H and O–H groups in total. The highest BCUT2D eigenvalue weighted by molar-refractivity contribution is 6.00. The lowest BCUT2D eigenvalue weighted by atomic mass is 9.98. The minimum Gasteiger partial charge on any atom is -0.480 e. The number of hydrogen-bond acceptors (Lipinski definition) is 6. The number of hydrogen-bond donors (Lipinski definition) is 3. The number of anilines is 1. The highest BCUT2D eigenvalue weighted by Crippen LogP contribution is 2.44. The van der Waals surface area contributed by atoms with Crippen molar-refractivity contribution in [1.29, 1.82) is 0 Å². The standard InChI is InChI=1S/C24H21N5O6/c1-28-18(22(31)29-19(23(32)33)11-21(30)27-29)10-20(26-28)25-24(34)35-12-17-15-8-4-2-6-13(15)14-7-3-5-9-16(14)17/h2-10,17,19H,11-12H2,1H3,(H,27,30)(H,32,33)(H,25,26,34). The smallest absolute Gasteiger partial charge is 0.412 e. The third-order valence-electron chi connectivity index (χ3n) is 6.11. The molecule has 1 unspecified atom stereocenters. The van der Waals surface area contributed by atoms with Crippen molar-refractivity contribution < 1.29 is 29.0 Å². The lowest BCUT2D eigenvalue weighted by molar-refractivity contribution is -0.142. The van der Waals surface area contributed by atoms with Crippen LogP contribution in [0.4, 0.5) is 10.6 Å². The summed E-state index contributed by atoms with van der Waals surface area (Å²) in [5.74, 6) is -2.72. The normalized spacial score (nSPS) is 16.4. The molecule has 1 saturated heterocycles. The van der Waals surface area contributed by atoms with Crippen molar-refractivity contribution in [3.05, 3.63) is 71.4 Å². The first-order chi connectivity index (χ1) is 16.8. The third kappa shape index (κ3) is 3.97. The van der Waals surface area contributed by atoms with Crippen LogP contribution in [0.25, 0.3) is 11.1 Å². The number of hydrazine groups is 1. The zero-order valence-corrected chi connectivity index (χ0v) is 18.6. The molecule has 11 heteroatoms. The number of aromatic nitrogens is 2. The number of nitrogens with zero attached hydrogens (tertiary/aromatic N) is 3. The maximum atomic E-state index is 12.8. The van der Waals surface area contributed by atoms with Crippen LogP contribution in [0, 0.1) is 0 Å². The van der Waals surface area contributed by atoms with E-state index in [0.717, 1.165) is 27.3 Å². The van der Waals surface area contributed by atoms with Crippen molar-refractivity contribution in [1.82, 2.24) is 20.2 Å². The summed E-state index contributed by atoms with van der Waals surface area (Å²) in [4.78, 5) is 48.3. The molecule has 0 bridgehead atoms. The van der Waals surface area contributed by atoms with E-state index in [0.29, 0.717) is 0 Å².